The predicted octanol–water partition coefficient (Wildman–Crippen LogP) is 2.24. The third kappa shape index (κ3) is 2.66. The number of aromatic amines is 1. The van der Waals surface area contributed by atoms with Gasteiger partial charge in [-0.1, -0.05) is 12.1 Å². The van der Waals surface area contributed by atoms with Gasteiger partial charge in [0.05, 0.1) is 0 Å². The number of H-pyrrole nitrogens is 1. The number of aryl methyl sites for hydroxylation is 2. The van der Waals surface area contributed by atoms with Crippen molar-refractivity contribution in [1.29, 1.82) is 0 Å². The Hall–Kier alpha value is -2.36. The fourth-order valence-electron chi connectivity index (χ4n) is 1.64. The molecule has 4 heteroatoms. The number of amides is 1. The van der Waals surface area contributed by atoms with Crippen LogP contribution in [0.2, 0.25) is 0 Å². The van der Waals surface area contributed by atoms with Crippen molar-refractivity contribution in [2.75, 3.05) is 5.32 Å². The summed E-state index contributed by atoms with van der Waals surface area (Å²) in [6.45, 7) is 3.88. The van der Waals surface area contributed by atoms with Gasteiger partial charge in [0.2, 0.25) is 0 Å². The van der Waals surface area contributed by atoms with Crippen molar-refractivity contribution in [3.63, 3.8) is 0 Å². The van der Waals surface area contributed by atoms with Crippen LogP contribution in [0.1, 0.15) is 21.6 Å². The SMILES string of the molecule is Cc1ccc(C)c(NC(=O)c2cc(=O)cc[nH]2)c1. The number of pyridine rings is 1. The lowest BCUT2D eigenvalue weighted by Gasteiger charge is -2.09. The largest absolute Gasteiger partial charge is 0.357 e. The Kier molecular flexibility index (Phi) is 3.28. The molecule has 4 nitrogen and oxygen atoms in total. The van der Waals surface area contributed by atoms with Gasteiger partial charge in [-0.15, -0.1) is 0 Å². The second-order valence-corrected chi connectivity index (χ2v) is 4.21. The van der Waals surface area contributed by atoms with Gasteiger partial charge in [-0.05, 0) is 31.0 Å². The van der Waals surface area contributed by atoms with Gasteiger partial charge >= 0.3 is 0 Å². The van der Waals surface area contributed by atoms with Crippen LogP contribution in [-0.2, 0) is 0 Å². The standard InChI is InChI=1S/C14H14N2O2/c1-9-3-4-10(2)12(7-9)16-14(18)13-8-11(17)5-6-15-13/h3-8H,1-2H3,(H,15,17)(H,16,18). The summed E-state index contributed by atoms with van der Waals surface area (Å²) < 4.78 is 0. The molecule has 0 aliphatic carbocycles. The van der Waals surface area contributed by atoms with Crippen molar-refractivity contribution >= 4 is 11.6 Å². The van der Waals surface area contributed by atoms with Gasteiger partial charge in [-0.3, -0.25) is 9.59 Å². The summed E-state index contributed by atoms with van der Waals surface area (Å²) in [5.41, 5.74) is 2.86. The number of carbonyl (C=O) groups excluding carboxylic acids is 1. The number of rotatable bonds is 2. The summed E-state index contributed by atoms with van der Waals surface area (Å²) in [4.78, 5) is 25.9. The van der Waals surface area contributed by atoms with Crippen LogP contribution in [0.4, 0.5) is 5.69 Å². The quantitative estimate of drug-likeness (QED) is 0.848. The molecule has 1 heterocycles. The van der Waals surface area contributed by atoms with Gasteiger partial charge in [0, 0.05) is 24.0 Å². The first kappa shape index (κ1) is 12.1. The lowest BCUT2D eigenvalue weighted by atomic mass is 10.1. The van der Waals surface area contributed by atoms with Crippen LogP contribution in [0.3, 0.4) is 0 Å². The van der Waals surface area contributed by atoms with Crippen LogP contribution in [0.25, 0.3) is 0 Å². The summed E-state index contributed by atoms with van der Waals surface area (Å²) in [5, 5.41) is 2.79. The first-order chi connectivity index (χ1) is 8.56. The zero-order valence-corrected chi connectivity index (χ0v) is 10.3. The molecule has 2 N–H and O–H groups in total. The minimum Gasteiger partial charge on any atom is -0.357 e. The normalized spacial score (nSPS) is 10.1. The van der Waals surface area contributed by atoms with Gasteiger partial charge < -0.3 is 10.3 Å². The number of anilines is 1. The molecule has 0 aliphatic heterocycles. The summed E-state index contributed by atoms with van der Waals surface area (Å²) in [6, 6.07) is 8.47. The summed E-state index contributed by atoms with van der Waals surface area (Å²) in [6.07, 6.45) is 1.46. The Morgan fingerprint density at radius 1 is 1.17 bits per heavy atom. The first-order valence-electron chi connectivity index (χ1n) is 5.63. The highest BCUT2D eigenvalue weighted by molar-refractivity contribution is 6.03. The van der Waals surface area contributed by atoms with E-state index in [4.69, 9.17) is 0 Å². The van der Waals surface area contributed by atoms with Crippen molar-refractivity contribution in [2.24, 2.45) is 0 Å². The van der Waals surface area contributed by atoms with Crippen LogP contribution in [0.15, 0.2) is 41.3 Å². The van der Waals surface area contributed by atoms with Gasteiger partial charge in [0.1, 0.15) is 5.69 Å². The Balaban J connectivity index is 2.26. The predicted molar refractivity (Wildman–Crippen MR) is 70.9 cm³/mol. The van der Waals surface area contributed by atoms with E-state index in [0.717, 1.165) is 16.8 Å². The molecule has 0 bridgehead atoms. The molecule has 0 saturated heterocycles. The summed E-state index contributed by atoms with van der Waals surface area (Å²) in [5.74, 6) is -0.318. The van der Waals surface area contributed by atoms with Crippen LogP contribution in [0.5, 0.6) is 0 Å². The van der Waals surface area contributed by atoms with Crippen LogP contribution >= 0.6 is 0 Å². The maximum Gasteiger partial charge on any atom is 0.272 e. The first-order valence-corrected chi connectivity index (χ1v) is 5.63. The van der Waals surface area contributed by atoms with Crippen LogP contribution < -0.4 is 10.7 Å². The van der Waals surface area contributed by atoms with E-state index >= 15 is 0 Å². The van der Waals surface area contributed by atoms with E-state index in [1.807, 2.05) is 32.0 Å². The van der Waals surface area contributed by atoms with Gasteiger partial charge in [0.25, 0.3) is 5.91 Å². The molecule has 0 saturated carbocycles. The molecular weight excluding hydrogens is 228 g/mol. The zero-order chi connectivity index (χ0) is 13.1. The Morgan fingerprint density at radius 3 is 2.67 bits per heavy atom. The van der Waals surface area contributed by atoms with E-state index in [1.165, 1.54) is 18.3 Å². The average Bonchev–Trinajstić information content (AvgIpc) is 2.34. The van der Waals surface area contributed by atoms with Gasteiger partial charge in [-0.25, -0.2) is 0 Å². The van der Waals surface area contributed by atoms with E-state index in [2.05, 4.69) is 10.3 Å². The number of hydrogen-bond acceptors (Lipinski definition) is 2. The second kappa shape index (κ2) is 4.87. The lowest BCUT2D eigenvalue weighted by Crippen LogP contribution is -2.16. The molecule has 18 heavy (non-hydrogen) atoms. The molecule has 0 unspecified atom stereocenters. The maximum atomic E-state index is 11.9. The number of benzene rings is 1. The molecule has 0 fully saturated rings. The molecule has 1 aromatic carbocycles. The fraction of sp³-hybridized carbons (Fsp3) is 0.143. The van der Waals surface area contributed by atoms with Crippen molar-refractivity contribution in [3.8, 4) is 0 Å². The fourth-order valence-corrected chi connectivity index (χ4v) is 1.64. The van der Waals surface area contributed by atoms with Gasteiger partial charge in [0.15, 0.2) is 5.43 Å². The number of nitrogens with one attached hydrogen (secondary N) is 2. The van der Waals surface area contributed by atoms with Gasteiger partial charge in [-0.2, -0.15) is 0 Å². The number of aromatic nitrogens is 1. The van der Waals surface area contributed by atoms with E-state index in [1.54, 1.807) is 0 Å². The number of hydrogen-bond donors (Lipinski definition) is 2. The van der Waals surface area contributed by atoms with E-state index in [0.29, 0.717) is 0 Å². The van der Waals surface area contributed by atoms with E-state index < -0.39 is 0 Å². The monoisotopic (exact) mass is 242 g/mol. The molecule has 0 aliphatic rings. The van der Waals surface area contributed by atoms with E-state index in [9.17, 15) is 9.59 Å². The highest BCUT2D eigenvalue weighted by Crippen LogP contribution is 2.16. The van der Waals surface area contributed by atoms with Crippen molar-refractivity contribution in [3.05, 3.63) is 63.6 Å². The molecule has 0 atom stereocenters. The Morgan fingerprint density at radius 2 is 1.94 bits per heavy atom. The highest BCUT2D eigenvalue weighted by atomic mass is 16.2. The minimum absolute atomic E-state index is 0.195. The highest BCUT2D eigenvalue weighted by Gasteiger charge is 2.08. The average molecular weight is 242 g/mol. The topological polar surface area (TPSA) is 62.0 Å². The van der Waals surface area contributed by atoms with Crippen LogP contribution in [0, 0.1) is 13.8 Å². The maximum absolute atomic E-state index is 11.9. The molecule has 2 rings (SSSR count). The molecule has 1 aromatic heterocycles. The van der Waals surface area contributed by atoms with Crippen LogP contribution in [-0.4, -0.2) is 10.9 Å². The van der Waals surface area contributed by atoms with E-state index in [-0.39, 0.29) is 17.0 Å². The van der Waals surface area contributed by atoms with Crippen molar-refractivity contribution in [1.82, 2.24) is 4.98 Å². The molecule has 0 spiro atoms. The summed E-state index contributed by atoms with van der Waals surface area (Å²) >= 11 is 0. The minimum atomic E-state index is -0.318. The molecule has 1 amide bonds. The van der Waals surface area contributed by atoms with Crippen molar-refractivity contribution in [2.45, 2.75) is 13.8 Å². The number of carbonyl (C=O) groups is 1. The summed E-state index contributed by atoms with van der Waals surface area (Å²) in [7, 11) is 0. The lowest BCUT2D eigenvalue weighted by molar-refractivity contribution is 0.102. The molecular formula is C14H14N2O2. The Bertz CT molecular complexity index is 644. The molecule has 92 valence electrons. The zero-order valence-electron chi connectivity index (χ0n) is 10.3. The third-order valence-corrected chi connectivity index (χ3v) is 2.66. The Labute approximate surface area is 105 Å². The van der Waals surface area contributed by atoms with Crippen molar-refractivity contribution < 1.29 is 4.79 Å². The molecule has 0 radical (unpaired) electrons. The second-order valence-electron chi connectivity index (χ2n) is 4.21. The third-order valence-electron chi connectivity index (χ3n) is 2.66. The smallest absolute Gasteiger partial charge is 0.272 e. The molecule has 2 aromatic rings.